The molecular weight excluding hydrogens is 246 g/mol. The van der Waals surface area contributed by atoms with Gasteiger partial charge in [0.05, 0.1) is 0 Å². The summed E-state index contributed by atoms with van der Waals surface area (Å²) in [6, 6.07) is 9.62. The summed E-state index contributed by atoms with van der Waals surface area (Å²) in [6.45, 7) is 0.482. The fraction of sp³-hybridized carbons (Fsp3) is 0.385. The highest BCUT2D eigenvalue weighted by atomic mass is 16.3. The molecular formula is C13H15N3O3. The lowest BCUT2D eigenvalue weighted by Crippen LogP contribution is -2.64. The Morgan fingerprint density at radius 3 is 2.74 bits per heavy atom. The van der Waals surface area contributed by atoms with Crippen LogP contribution in [0.1, 0.15) is 17.9 Å². The van der Waals surface area contributed by atoms with Crippen LogP contribution in [0, 0.1) is 5.92 Å². The van der Waals surface area contributed by atoms with Crippen molar-refractivity contribution < 1.29 is 14.7 Å². The summed E-state index contributed by atoms with van der Waals surface area (Å²) in [5.41, 5.74) is 3.75. The van der Waals surface area contributed by atoms with E-state index in [9.17, 15) is 14.7 Å². The zero-order valence-corrected chi connectivity index (χ0v) is 10.2. The van der Waals surface area contributed by atoms with E-state index >= 15 is 0 Å². The van der Waals surface area contributed by atoms with Crippen LogP contribution in [-0.4, -0.2) is 34.8 Å². The van der Waals surface area contributed by atoms with Crippen molar-refractivity contribution in [1.29, 1.82) is 0 Å². The van der Waals surface area contributed by atoms with Crippen LogP contribution in [0.5, 0.6) is 0 Å². The fourth-order valence-corrected chi connectivity index (χ4v) is 2.43. The molecule has 100 valence electrons. The van der Waals surface area contributed by atoms with Crippen LogP contribution in [0.25, 0.3) is 0 Å². The normalized spacial score (nSPS) is 30.2. The Morgan fingerprint density at radius 1 is 1.26 bits per heavy atom. The Hall–Kier alpha value is -1.92. The third kappa shape index (κ3) is 2.45. The van der Waals surface area contributed by atoms with Crippen LogP contribution in [0.4, 0.5) is 4.79 Å². The molecule has 2 aliphatic rings. The van der Waals surface area contributed by atoms with E-state index in [-0.39, 0.29) is 0 Å². The Morgan fingerprint density at radius 2 is 2.00 bits per heavy atom. The second kappa shape index (κ2) is 4.64. The molecule has 0 radical (unpaired) electrons. The van der Waals surface area contributed by atoms with Crippen molar-refractivity contribution in [2.45, 2.75) is 18.6 Å². The van der Waals surface area contributed by atoms with Gasteiger partial charge in [0.1, 0.15) is 0 Å². The minimum Gasteiger partial charge on any atom is -0.369 e. The molecule has 1 heterocycles. The number of aliphatic hydroxyl groups excluding tert-OH is 1. The molecule has 0 spiro atoms. The van der Waals surface area contributed by atoms with E-state index in [1.165, 1.54) is 10.6 Å². The summed E-state index contributed by atoms with van der Waals surface area (Å²) >= 11 is 0. The van der Waals surface area contributed by atoms with Gasteiger partial charge in [-0.15, -0.1) is 0 Å². The summed E-state index contributed by atoms with van der Waals surface area (Å²) in [5.74, 6) is 0.100. The molecule has 1 aliphatic heterocycles. The predicted molar refractivity (Wildman–Crippen MR) is 66.7 cm³/mol. The number of benzene rings is 1. The molecule has 1 aromatic carbocycles. The number of hydrazine groups is 1. The maximum atomic E-state index is 11.6. The van der Waals surface area contributed by atoms with Crippen LogP contribution < -0.4 is 10.7 Å². The number of carbonyl (C=O) groups is 2. The van der Waals surface area contributed by atoms with Gasteiger partial charge in [0, 0.05) is 6.54 Å². The van der Waals surface area contributed by atoms with Crippen LogP contribution in [-0.2, 0) is 4.79 Å². The first kappa shape index (κ1) is 12.1. The van der Waals surface area contributed by atoms with Crippen molar-refractivity contribution in [1.82, 2.24) is 15.8 Å². The lowest BCUT2D eigenvalue weighted by molar-refractivity contribution is -0.135. The number of nitrogens with zero attached hydrogens (tertiary/aromatic N) is 1. The highest BCUT2D eigenvalue weighted by Gasteiger charge is 2.42. The van der Waals surface area contributed by atoms with Crippen molar-refractivity contribution in [3.8, 4) is 0 Å². The van der Waals surface area contributed by atoms with Crippen LogP contribution in [0.2, 0.25) is 0 Å². The molecule has 3 atom stereocenters. The Labute approximate surface area is 110 Å². The monoisotopic (exact) mass is 261 g/mol. The first-order valence-corrected chi connectivity index (χ1v) is 6.26. The van der Waals surface area contributed by atoms with Crippen molar-refractivity contribution >= 4 is 11.9 Å². The molecule has 6 heteroatoms. The van der Waals surface area contributed by atoms with Gasteiger partial charge < -0.3 is 5.11 Å². The molecule has 1 aromatic rings. The average Bonchev–Trinajstić information content (AvgIpc) is 3.16. The largest absolute Gasteiger partial charge is 0.369 e. The maximum absolute atomic E-state index is 11.6. The van der Waals surface area contributed by atoms with Crippen molar-refractivity contribution in [3.05, 3.63) is 35.9 Å². The second-order valence-electron chi connectivity index (χ2n) is 4.95. The number of hydrogen-bond acceptors (Lipinski definition) is 4. The van der Waals surface area contributed by atoms with Crippen LogP contribution >= 0.6 is 0 Å². The number of aliphatic hydroxyl groups is 1. The Balaban J connectivity index is 1.59. The molecule has 1 saturated heterocycles. The summed E-state index contributed by atoms with van der Waals surface area (Å²) in [4.78, 5) is 22.6. The predicted octanol–water partition coefficient (Wildman–Crippen LogP) is 0.165. The molecule has 19 heavy (non-hydrogen) atoms. The first-order chi connectivity index (χ1) is 9.15. The number of urea groups is 1. The average molecular weight is 261 g/mol. The van der Waals surface area contributed by atoms with E-state index in [0.717, 1.165) is 6.42 Å². The summed E-state index contributed by atoms with van der Waals surface area (Å²) in [7, 11) is 0. The topological polar surface area (TPSA) is 81.7 Å². The SMILES string of the molecule is O=C1NC(=O)N(C[C@@H]2C[C@H]2c2ccccc2)NC1O. The minimum absolute atomic E-state index is 0.362. The molecule has 1 unspecified atom stereocenters. The van der Waals surface area contributed by atoms with E-state index in [1.54, 1.807) is 0 Å². The van der Waals surface area contributed by atoms with Gasteiger partial charge in [0.25, 0.3) is 5.91 Å². The zero-order valence-electron chi connectivity index (χ0n) is 10.2. The van der Waals surface area contributed by atoms with Gasteiger partial charge in [-0.1, -0.05) is 30.3 Å². The van der Waals surface area contributed by atoms with E-state index in [0.29, 0.717) is 18.4 Å². The zero-order chi connectivity index (χ0) is 13.4. The maximum Gasteiger partial charge on any atom is 0.338 e. The lowest BCUT2D eigenvalue weighted by Gasteiger charge is -2.30. The molecule has 3 rings (SSSR count). The molecule has 1 saturated carbocycles. The van der Waals surface area contributed by atoms with Gasteiger partial charge in [-0.05, 0) is 23.8 Å². The standard InChI is InChI=1S/C13H15N3O3/c17-11-12(18)15-16(13(19)14-11)7-9-6-10(9)8-4-2-1-3-5-8/h1-5,9-10,12,15,18H,6-7H2,(H,14,17,19)/t9-,10-,12?/m0/s1. The number of imide groups is 1. The van der Waals surface area contributed by atoms with E-state index in [1.807, 2.05) is 18.2 Å². The van der Waals surface area contributed by atoms with Gasteiger partial charge in [-0.2, -0.15) is 5.43 Å². The molecule has 3 N–H and O–H groups in total. The summed E-state index contributed by atoms with van der Waals surface area (Å²) in [5, 5.41) is 12.7. The Bertz CT molecular complexity index is 505. The molecule has 2 fully saturated rings. The van der Waals surface area contributed by atoms with Gasteiger partial charge in [0.2, 0.25) is 6.23 Å². The first-order valence-electron chi connectivity index (χ1n) is 6.26. The highest BCUT2D eigenvalue weighted by Crippen LogP contribution is 2.47. The smallest absolute Gasteiger partial charge is 0.338 e. The lowest BCUT2D eigenvalue weighted by atomic mass is 10.1. The summed E-state index contributed by atoms with van der Waals surface area (Å²) < 4.78 is 0. The quantitative estimate of drug-likeness (QED) is 0.724. The third-order valence-corrected chi connectivity index (χ3v) is 3.57. The van der Waals surface area contributed by atoms with Crippen molar-refractivity contribution in [3.63, 3.8) is 0 Å². The van der Waals surface area contributed by atoms with Gasteiger partial charge in [-0.25, -0.2) is 4.79 Å². The fourth-order valence-electron chi connectivity index (χ4n) is 2.43. The van der Waals surface area contributed by atoms with E-state index < -0.39 is 18.2 Å². The van der Waals surface area contributed by atoms with Crippen molar-refractivity contribution in [2.75, 3.05) is 6.54 Å². The van der Waals surface area contributed by atoms with Gasteiger partial charge >= 0.3 is 6.03 Å². The Kier molecular flexibility index (Phi) is 2.96. The number of rotatable bonds is 3. The minimum atomic E-state index is -1.35. The second-order valence-corrected chi connectivity index (χ2v) is 4.95. The van der Waals surface area contributed by atoms with Gasteiger partial charge in [-0.3, -0.25) is 15.1 Å². The molecule has 0 bridgehead atoms. The molecule has 1 aliphatic carbocycles. The number of nitrogens with one attached hydrogen (secondary N) is 2. The van der Waals surface area contributed by atoms with Crippen LogP contribution in [0.3, 0.4) is 0 Å². The number of amides is 3. The highest BCUT2D eigenvalue weighted by molar-refractivity contribution is 5.98. The third-order valence-electron chi connectivity index (χ3n) is 3.57. The molecule has 6 nitrogen and oxygen atoms in total. The van der Waals surface area contributed by atoms with E-state index in [4.69, 9.17) is 0 Å². The van der Waals surface area contributed by atoms with E-state index in [2.05, 4.69) is 22.9 Å². The number of hydrogen-bond donors (Lipinski definition) is 3. The van der Waals surface area contributed by atoms with Crippen LogP contribution in [0.15, 0.2) is 30.3 Å². The van der Waals surface area contributed by atoms with Gasteiger partial charge in [0.15, 0.2) is 0 Å². The number of carbonyl (C=O) groups excluding carboxylic acids is 2. The molecule has 0 aromatic heterocycles. The van der Waals surface area contributed by atoms with Crippen molar-refractivity contribution in [2.24, 2.45) is 5.92 Å². The molecule has 3 amide bonds. The summed E-state index contributed by atoms with van der Waals surface area (Å²) in [6.07, 6.45) is -0.342.